The van der Waals surface area contributed by atoms with Crippen molar-refractivity contribution in [2.45, 2.75) is 56.3 Å². The van der Waals surface area contributed by atoms with E-state index in [1.807, 2.05) is 24.3 Å². The fraction of sp³-hybridized carbons (Fsp3) is 0.500. The highest BCUT2D eigenvalue weighted by atomic mass is 16.6. The van der Waals surface area contributed by atoms with Crippen LogP contribution in [0.4, 0.5) is 0 Å². The number of piperidine rings is 1. The van der Waals surface area contributed by atoms with Crippen LogP contribution in [0, 0.1) is 5.92 Å². The Morgan fingerprint density at radius 3 is 2.97 bits per heavy atom. The van der Waals surface area contributed by atoms with Gasteiger partial charge in [-0.05, 0) is 62.9 Å². The lowest BCUT2D eigenvalue weighted by molar-refractivity contribution is -0.132. The maximum absolute atomic E-state index is 11.7. The number of esters is 1. The van der Waals surface area contributed by atoms with Crippen LogP contribution in [0.25, 0.3) is 0 Å². The number of hydrogen-bond donors (Lipinski definition) is 0. The van der Waals surface area contributed by atoms with Crippen molar-refractivity contribution in [1.29, 1.82) is 0 Å². The van der Waals surface area contributed by atoms with Crippen LogP contribution >= 0.6 is 0 Å². The zero-order valence-corrected chi connectivity index (χ0v) is 17.3. The smallest absolute Gasteiger partial charge is 0.308 e. The van der Waals surface area contributed by atoms with Crippen LogP contribution in [0.5, 0.6) is 17.4 Å². The van der Waals surface area contributed by atoms with Gasteiger partial charge < -0.3 is 19.1 Å². The van der Waals surface area contributed by atoms with Gasteiger partial charge in [0.15, 0.2) is 11.5 Å². The molecule has 6 rings (SSSR count). The van der Waals surface area contributed by atoms with Gasteiger partial charge in [0.1, 0.15) is 12.2 Å². The molecule has 4 aliphatic rings. The van der Waals surface area contributed by atoms with Crippen LogP contribution in [0.3, 0.4) is 0 Å². The molecular formula is C24H26N2O4. The molecule has 1 saturated heterocycles. The molecule has 156 valence electrons. The number of benzene rings is 1. The van der Waals surface area contributed by atoms with E-state index in [4.69, 9.17) is 14.2 Å². The molecule has 0 amide bonds. The van der Waals surface area contributed by atoms with Crippen LogP contribution in [0.1, 0.15) is 37.3 Å². The van der Waals surface area contributed by atoms with E-state index in [0.717, 1.165) is 38.0 Å². The van der Waals surface area contributed by atoms with Gasteiger partial charge in [-0.25, -0.2) is 4.98 Å². The first kappa shape index (κ1) is 18.2. The minimum atomic E-state index is -0.322. The van der Waals surface area contributed by atoms with Gasteiger partial charge in [0.2, 0.25) is 5.88 Å². The SMILES string of the molecule is CC(=O)Oc1ccc2c3c1O[C@H]1[C@@H](Oc4ccccn4)CC[C@H]4[C@@H](C2)N(C)CC[C@@]341. The molecule has 0 unspecified atom stereocenters. The normalized spacial score (nSPS) is 33.4. The minimum absolute atomic E-state index is 0.0799. The van der Waals surface area contributed by atoms with Crippen LogP contribution in [-0.4, -0.2) is 47.7 Å². The molecule has 1 aromatic heterocycles. The highest BCUT2D eigenvalue weighted by Gasteiger charge is 2.66. The zero-order chi connectivity index (χ0) is 20.5. The number of aromatic nitrogens is 1. The van der Waals surface area contributed by atoms with Crippen LogP contribution in [-0.2, 0) is 16.6 Å². The number of rotatable bonds is 3. The maximum Gasteiger partial charge on any atom is 0.308 e. The van der Waals surface area contributed by atoms with Crippen molar-refractivity contribution in [1.82, 2.24) is 9.88 Å². The second-order valence-electron chi connectivity index (χ2n) is 9.11. The van der Waals surface area contributed by atoms with E-state index in [2.05, 4.69) is 23.0 Å². The lowest BCUT2D eigenvalue weighted by Gasteiger charge is -2.58. The first-order valence-electron chi connectivity index (χ1n) is 10.9. The molecule has 2 bridgehead atoms. The largest absolute Gasteiger partial charge is 0.481 e. The predicted molar refractivity (Wildman–Crippen MR) is 110 cm³/mol. The van der Waals surface area contributed by atoms with E-state index < -0.39 is 0 Å². The Kier molecular flexibility index (Phi) is 3.91. The lowest BCUT2D eigenvalue weighted by atomic mass is 9.51. The topological polar surface area (TPSA) is 60.9 Å². The molecule has 5 atom stereocenters. The number of carbonyl (C=O) groups excluding carboxylic acids is 1. The molecule has 2 aliphatic heterocycles. The molecular weight excluding hydrogens is 380 g/mol. The molecule has 1 aromatic carbocycles. The summed E-state index contributed by atoms with van der Waals surface area (Å²) in [6.45, 7) is 2.47. The second kappa shape index (κ2) is 6.45. The van der Waals surface area contributed by atoms with Gasteiger partial charge in [0, 0.05) is 36.2 Å². The van der Waals surface area contributed by atoms with E-state index in [9.17, 15) is 4.79 Å². The molecule has 1 saturated carbocycles. The number of carbonyl (C=O) groups is 1. The lowest BCUT2D eigenvalue weighted by Crippen LogP contribution is -2.66. The van der Waals surface area contributed by atoms with Gasteiger partial charge in [0.25, 0.3) is 0 Å². The third kappa shape index (κ3) is 2.40. The second-order valence-corrected chi connectivity index (χ2v) is 9.11. The Bertz CT molecular complexity index is 1010. The summed E-state index contributed by atoms with van der Waals surface area (Å²) >= 11 is 0. The molecule has 6 heteroatoms. The fourth-order valence-electron chi connectivity index (χ4n) is 6.61. The van der Waals surface area contributed by atoms with E-state index in [1.165, 1.54) is 18.1 Å². The third-order valence-electron chi connectivity index (χ3n) is 7.69. The molecule has 6 nitrogen and oxygen atoms in total. The van der Waals surface area contributed by atoms with E-state index in [1.54, 1.807) is 6.20 Å². The molecule has 2 fully saturated rings. The number of pyridine rings is 1. The number of likely N-dealkylation sites (tertiary alicyclic amines) is 1. The minimum Gasteiger partial charge on any atom is -0.481 e. The predicted octanol–water partition coefficient (Wildman–Crippen LogP) is 3.12. The number of likely N-dealkylation sites (N-methyl/N-ethyl adjacent to an activating group) is 1. The summed E-state index contributed by atoms with van der Waals surface area (Å²) in [5, 5.41) is 0. The average Bonchev–Trinajstić information content (AvgIpc) is 3.09. The van der Waals surface area contributed by atoms with Crippen LogP contribution in [0.15, 0.2) is 36.5 Å². The first-order chi connectivity index (χ1) is 14.6. The summed E-state index contributed by atoms with van der Waals surface area (Å²) in [6, 6.07) is 10.3. The van der Waals surface area contributed by atoms with Crippen LogP contribution < -0.4 is 14.2 Å². The maximum atomic E-state index is 11.7. The van der Waals surface area contributed by atoms with Crippen molar-refractivity contribution in [3.8, 4) is 17.4 Å². The van der Waals surface area contributed by atoms with Gasteiger partial charge in [-0.3, -0.25) is 4.79 Å². The molecule has 3 heterocycles. The molecule has 2 aromatic rings. The highest BCUT2D eigenvalue weighted by molar-refractivity contribution is 5.72. The van der Waals surface area contributed by atoms with Gasteiger partial charge in [-0.15, -0.1) is 0 Å². The Morgan fingerprint density at radius 2 is 2.17 bits per heavy atom. The standard InChI is InChI=1S/C24H26N2O4/c1-14(27)28-18-8-6-15-13-17-16-7-9-19(29-20-5-3-4-11-25-20)23-24(16,10-12-26(17)2)21(15)22(18)30-23/h3-6,8,11,16-17,19,23H,7,9-10,12-13H2,1-2H3/t16-,17+,19-,23-,24-/m0/s1. The Balaban J connectivity index is 1.48. The zero-order valence-electron chi connectivity index (χ0n) is 17.3. The van der Waals surface area contributed by atoms with Crippen molar-refractivity contribution >= 4 is 5.97 Å². The van der Waals surface area contributed by atoms with Gasteiger partial charge in [-0.1, -0.05) is 12.1 Å². The van der Waals surface area contributed by atoms with Crippen molar-refractivity contribution in [2.75, 3.05) is 13.6 Å². The van der Waals surface area contributed by atoms with Crippen molar-refractivity contribution < 1.29 is 19.0 Å². The number of nitrogens with zero attached hydrogens (tertiary/aromatic N) is 2. The molecule has 0 N–H and O–H groups in total. The van der Waals surface area contributed by atoms with Crippen molar-refractivity contribution in [2.24, 2.45) is 5.92 Å². The highest BCUT2D eigenvalue weighted by Crippen LogP contribution is 2.64. The molecule has 30 heavy (non-hydrogen) atoms. The van der Waals surface area contributed by atoms with Crippen molar-refractivity contribution in [3.63, 3.8) is 0 Å². The Hall–Kier alpha value is -2.60. The summed E-state index contributed by atoms with van der Waals surface area (Å²) < 4.78 is 18.6. The average molecular weight is 406 g/mol. The summed E-state index contributed by atoms with van der Waals surface area (Å²) in [6.07, 6.45) is 5.66. The fourth-order valence-corrected chi connectivity index (χ4v) is 6.61. The van der Waals surface area contributed by atoms with Gasteiger partial charge in [0.05, 0.1) is 0 Å². The van der Waals surface area contributed by atoms with E-state index >= 15 is 0 Å². The third-order valence-corrected chi connectivity index (χ3v) is 7.69. The summed E-state index contributed by atoms with van der Waals surface area (Å²) in [7, 11) is 2.25. The van der Waals surface area contributed by atoms with Crippen molar-refractivity contribution in [3.05, 3.63) is 47.7 Å². The number of ether oxygens (including phenoxy) is 3. The molecule has 1 spiro atoms. The first-order valence-corrected chi connectivity index (χ1v) is 10.9. The Morgan fingerprint density at radius 1 is 1.27 bits per heavy atom. The molecule has 2 aliphatic carbocycles. The monoisotopic (exact) mass is 406 g/mol. The summed E-state index contributed by atoms with van der Waals surface area (Å²) in [5.74, 6) is 2.14. The van der Waals surface area contributed by atoms with E-state index in [-0.39, 0.29) is 23.6 Å². The molecule has 0 radical (unpaired) electrons. The quantitative estimate of drug-likeness (QED) is 0.577. The summed E-state index contributed by atoms with van der Waals surface area (Å²) in [4.78, 5) is 18.6. The van der Waals surface area contributed by atoms with Gasteiger partial charge >= 0.3 is 5.97 Å². The van der Waals surface area contributed by atoms with Gasteiger partial charge in [-0.2, -0.15) is 0 Å². The number of hydrogen-bond acceptors (Lipinski definition) is 6. The summed E-state index contributed by atoms with van der Waals surface area (Å²) in [5.41, 5.74) is 2.51. The Labute approximate surface area is 176 Å². The van der Waals surface area contributed by atoms with Crippen LogP contribution in [0.2, 0.25) is 0 Å². The van der Waals surface area contributed by atoms with E-state index in [0.29, 0.717) is 23.6 Å².